The Kier molecular flexibility index (Phi) is 5.86. The van der Waals surface area contributed by atoms with Gasteiger partial charge in [-0.15, -0.1) is 0 Å². The largest absolute Gasteiger partial charge is 0.494 e. The predicted octanol–water partition coefficient (Wildman–Crippen LogP) is 3.08. The maximum atomic E-state index is 5.58. The number of aryl methyl sites for hydroxylation is 1. The molecule has 0 aliphatic heterocycles. The molecule has 0 bridgehead atoms. The summed E-state index contributed by atoms with van der Waals surface area (Å²) < 4.78 is 5.58. The molecule has 0 aliphatic rings. The average Bonchev–Trinajstić information content (AvgIpc) is 2.28. The van der Waals surface area contributed by atoms with E-state index in [0.717, 1.165) is 38.0 Å². The summed E-state index contributed by atoms with van der Waals surface area (Å²) in [6.45, 7) is 2.95. The van der Waals surface area contributed by atoms with Crippen LogP contribution in [0.4, 0.5) is 0 Å². The average molecular weight is 237 g/mol. The molecule has 0 fully saturated rings. The van der Waals surface area contributed by atoms with Crippen LogP contribution in [0.25, 0.3) is 0 Å². The summed E-state index contributed by atoms with van der Waals surface area (Å²) in [7, 11) is 0. The molecule has 1 aromatic carbocycles. The Morgan fingerprint density at radius 3 is 2.56 bits per heavy atom. The summed E-state index contributed by atoms with van der Waals surface area (Å²) in [5, 5.41) is 0. The van der Waals surface area contributed by atoms with Gasteiger partial charge in [-0.3, -0.25) is 0 Å². The molecule has 1 rings (SSSR count). The summed E-state index contributed by atoms with van der Waals surface area (Å²) in [6, 6.07) is 8.15. The van der Waals surface area contributed by atoms with Gasteiger partial charge in [-0.2, -0.15) is 0 Å². The van der Waals surface area contributed by atoms with Gasteiger partial charge in [0.25, 0.3) is 0 Å². The van der Waals surface area contributed by atoms with Crippen molar-refractivity contribution < 1.29 is 4.74 Å². The minimum absolute atomic E-state index is 0.572. The van der Waals surface area contributed by atoms with Gasteiger partial charge in [0, 0.05) is 6.42 Å². The molecule has 0 amide bonds. The third-order valence-electron chi connectivity index (χ3n) is 2.35. The van der Waals surface area contributed by atoms with E-state index in [1.54, 1.807) is 0 Å². The van der Waals surface area contributed by atoms with Crippen LogP contribution >= 0.6 is 12.2 Å². The highest BCUT2D eigenvalue weighted by atomic mass is 32.1. The van der Waals surface area contributed by atoms with Crippen LogP contribution in [0.2, 0.25) is 0 Å². The van der Waals surface area contributed by atoms with Crippen molar-refractivity contribution in [1.29, 1.82) is 0 Å². The van der Waals surface area contributed by atoms with Crippen LogP contribution in [0.5, 0.6) is 5.75 Å². The highest BCUT2D eigenvalue weighted by Gasteiger charge is 1.97. The van der Waals surface area contributed by atoms with Crippen molar-refractivity contribution in [3.8, 4) is 5.75 Å². The van der Waals surface area contributed by atoms with E-state index in [4.69, 9.17) is 22.7 Å². The molecule has 0 unspecified atom stereocenters. The second kappa shape index (κ2) is 7.23. The molecule has 0 aromatic heterocycles. The molecule has 0 atom stereocenters. The van der Waals surface area contributed by atoms with E-state index >= 15 is 0 Å². The zero-order valence-corrected chi connectivity index (χ0v) is 10.6. The fourth-order valence-corrected chi connectivity index (χ4v) is 1.46. The number of benzene rings is 1. The van der Waals surface area contributed by atoms with Gasteiger partial charge in [-0.25, -0.2) is 0 Å². The van der Waals surface area contributed by atoms with Crippen molar-refractivity contribution in [2.75, 3.05) is 6.61 Å². The zero-order valence-electron chi connectivity index (χ0n) is 9.74. The van der Waals surface area contributed by atoms with Gasteiger partial charge < -0.3 is 10.5 Å². The van der Waals surface area contributed by atoms with Gasteiger partial charge in [0.2, 0.25) is 0 Å². The van der Waals surface area contributed by atoms with Crippen molar-refractivity contribution >= 4 is 17.2 Å². The van der Waals surface area contributed by atoms with E-state index in [9.17, 15) is 0 Å². The molecule has 0 saturated carbocycles. The fourth-order valence-electron chi connectivity index (χ4n) is 1.35. The second-order valence-corrected chi connectivity index (χ2v) is 4.34. The van der Waals surface area contributed by atoms with Crippen molar-refractivity contribution in [2.45, 2.75) is 32.6 Å². The first-order valence-electron chi connectivity index (χ1n) is 5.72. The van der Waals surface area contributed by atoms with Crippen LogP contribution in [0.15, 0.2) is 24.3 Å². The molecule has 88 valence electrons. The van der Waals surface area contributed by atoms with E-state index < -0.39 is 0 Å². The predicted molar refractivity (Wildman–Crippen MR) is 72.0 cm³/mol. The van der Waals surface area contributed by atoms with E-state index in [-0.39, 0.29) is 0 Å². The second-order valence-electron chi connectivity index (χ2n) is 3.81. The monoisotopic (exact) mass is 237 g/mol. The Balaban J connectivity index is 2.38. The molecule has 0 aliphatic carbocycles. The number of hydrogen-bond donors (Lipinski definition) is 1. The topological polar surface area (TPSA) is 35.2 Å². The van der Waals surface area contributed by atoms with Crippen LogP contribution in [0.3, 0.4) is 0 Å². The van der Waals surface area contributed by atoms with Gasteiger partial charge in [-0.1, -0.05) is 37.7 Å². The number of ether oxygens (including phenoxy) is 1. The lowest BCUT2D eigenvalue weighted by Crippen LogP contribution is -2.08. The van der Waals surface area contributed by atoms with Crippen LogP contribution in [-0.4, -0.2) is 11.6 Å². The Hall–Kier alpha value is -1.09. The normalized spacial score (nSPS) is 10.1. The molecule has 2 nitrogen and oxygen atoms in total. The molecule has 2 N–H and O–H groups in total. The molecule has 0 saturated heterocycles. The SMILES string of the molecule is CCCCOc1ccc(CCC(N)=S)cc1. The number of thiocarbonyl (C=S) groups is 1. The lowest BCUT2D eigenvalue weighted by atomic mass is 10.1. The van der Waals surface area contributed by atoms with Crippen molar-refractivity contribution in [3.05, 3.63) is 29.8 Å². The van der Waals surface area contributed by atoms with Crippen molar-refractivity contribution in [3.63, 3.8) is 0 Å². The molecule has 0 heterocycles. The molecule has 16 heavy (non-hydrogen) atoms. The van der Waals surface area contributed by atoms with Gasteiger partial charge in [0.05, 0.1) is 11.6 Å². The van der Waals surface area contributed by atoms with Crippen molar-refractivity contribution in [2.24, 2.45) is 5.73 Å². The summed E-state index contributed by atoms with van der Waals surface area (Å²) in [6.07, 6.45) is 3.94. The quantitative estimate of drug-likeness (QED) is 0.584. The minimum Gasteiger partial charge on any atom is -0.494 e. The fraction of sp³-hybridized carbons (Fsp3) is 0.462. The lowest BCUT2D eigenvalue weighted by molar-refractivity contribution is 0.309. The van der Waals surface area contributed by atoms with Crippen LogP contribution in [-0.2, 0) is 6.42 Å². The first-order valence-corrected chi connectivity index (χ1v) is 6.13. The van der Waals surface area contributed by atoms with Crippen LogP contribution in [0.1, 0.15) is 31.7 Å². The number of rotatable bonds is 7. The standard InChI is InChI=1S/C13H19NOS/c1-2-3-10-15-12-7-4-11(5-8-12)6-9-13(14)16/h4-5,7-8H,2-3,6,9-10H2,1H3,(H2,14,16). The van der Waals surface area contributed by atoms with E-state index in [2.05, 4.69) is 19.1 Å². The molecule has 0 spiro atoms. The zero-order chi connectivity index (χ0) is 11.8. The van der Waals surface area contributed by atoms with Gasteiger partial charge >= 0.3 is 0 Å². The number of unbranched alkanes of at least 4 members (excludes halogenated alkanes) is 1. The minimum atomic E-state index is 0.572. The van der Waals surface area contributed by atoms with Gasteiger partial charge in [-0.05, 0) is 30.5 Å². The summed E-state index contributed by atoms with van der Waals surface area (Å²) in [5.74, 6) is 0.938. The Labute approximate surface area is 103 Å². The Bertz CT molecular complexity index is 321. The summed E-state index contributed by atoms with van der Waals surface area (Å²) >= 11 is 4.84. The maximum absolute atomic E-state index is 5.58. The van der Waals surface area contributed by atoms with E-state index in [1.807, 2.05) is 12.1 Å². The molecular formula is C13H19NOS. The number of hydrogen-bond acceptors (Lipinski definition) is 2. The first kappa shape index (κ1) is 13.0. The first-order chi connectivity index (χ1) is 7.72. The third kappa shape index (κ3) is 5.12. The third-order valence-corrected chi connectivity index (χ3v) is 2.55. The summed E-state index contributed by atoms with van der Waals surface area (Å²) in [4.78, 5) is 0.572. The molecular weight excluding hydrogens is 218 g/mol. The highest BCUT2D eigenvalue weighted by Crippen LogP contribution is 2.13. The maximum Gasteiger partial charge on any atom is 0.119 e. The van der Waals surface area contributed by atoms with Gasteiger partial charge in [0.1, 0.15) is 5.75 Å². The number of nitrogens with two attached hydrogens (primary N) is 1. The van der Waals surface area contributed by atoms with Crippen LogP contribution < -0.4 is 10.5 Å². The Morgan fingerprint density at radius 2 is 2.00 bits per heavy atom. The van der Waals surface area contributed by atoms with E-state index in [0.29, 0.717) is 4.99 Å². The Morgan fingerprint density at radius 1 is 1.31 bits per heavy atom. The van der Waals surface area contributed by atoms with Crippen molar-refractivity contribution in [1.82, 2.24) is 0 Å². The molecule has 1 aromatic rings. The smallest absolute Gasteiger partial charge is 0.119 e. The highest BCUT2D eigenvalue weighted by molar-refractivity contribution is 7.80. The lowest BCUT2D eigenvalue weighted by Gasteiger charge is -2.06. The van der Waals surface area contributed by atoms with Crippen LogP contribution in [0, 0.1) is 0 Å². The molecule has 0 radical (unpaired) electrons. The van der Waals surface area contributed by atoms with E-state index in [1.165, 1.54) is 5.56 Å². The summed E-state index contributed by atoms with van der Waals surface area (Å²) in [5.41, 5.74) is 6.70. The molecule has 3 heteroatoms. The van der Waals surface area contributed by atoms with Gasteiger partial charge in [0.15, 0.2) is 0 Å².